The minimum Gasteiger partial charge on any atom is -0.478 e. The molecule has 0 unspecified atom stereocenters. The maximum Gasteiger partial charge on any atom is 0.328 e. The van der Waals surface area contributed by atoms with Crippen molar-refractivity contribution in [3.8, 4) is 0 Å². The summed E-state index contributed by atoms with van der Waals surface area (Å²) < 4.78 is 13.7. The van der Waals surface area contributed by atoms with E-state index in [1.165, 1.54) is 35.6 Å². The molecule has 2 aromatic rings. The fourth-order valence-electron chi connectivity index (χ4n) is 1.67. The number of benzene rings is 1. The van der Waals surface area contributed by atoms with E-state index in [0.29, 0.717) is 16.7 Å². The van der Waals surface area contributed by atoms with E-state index in [1.54, 1.807) is 16.8 Å². The lowest BCUT2D eigenvalue weighted by Gasteiger charge is -2.06. The molecule has 0 aliphatic rings. The Balaban J connectivity index is 2.07. The topological polar surface area (TPSA) is 66.4 Å². The van der Waals surface area contributed by atoms with Crippen LogP contribution in [0.15, 0.2) is 41.1 Å². The summed E-state index contributed by atoms with van der Waals surface area (Å²) in [5.41, 5.74) is 1.38. The average Bonchev–Trinajstić information content (AvgIpc) is 2.98. The zero-order valence-corrected chi connectivity index (χ0v) is 11.7. The zero-order chi connectivity index (χ0) is 15.2. The minimum atomic E-state index is -1.08. The maximum atomic E-state index is 13.7. The van der Waals surface area contributed by atoms with Crippen molar-refractivity contribution in [3.05, 3.63) is 63.6 Å². The third kappa shape index (κ3) is 4.25. The summed E-state index contributed by atoms with van der Waals surface area (Å²) in [6, 6.07) is 5.90. The second-order valence-corrected chi connectivity index (χ2v) is 5.00. The lowest BCUT2D eigenvalue weighted by molar-refractivity contribution is -0.131. The highest BCUT2D eigenvalue weighted by Crippen LogP contribution is 2.13. The van der Waals surface area contributed by atoms with Gasteiger partial charge in [-0.25, -0.2) is 9.18 Å². The molecule has 0 aliphatic carbocycles. The first-order chi connectivity index (χ1) is 10.1. The first kappa shape index (κ1) is 14.9. The van der Waals surface area contributed by atoms with E-state index >= 15 is 0 Å². The Morgan fingerprint density at radius 1 is 1.33 bits per heavy atom. The van der Waals surface area contributed by atoms with E-state index in [-0.39, 0.29) is 12.5 Å². The molecular formula is C15H12FNO3S. The second kappa shape index (κ2) is 6.81. The third-order valence-corrected chi connectivity index (χ3v) is 3.39. The number of carboxylic acid groups (broad SMARTS) is 1. The Hall–Kier alpha value is -2.47. The number of thiophene rings is 1. The van der Waals surface area contributed by atoms with Gasteiger partial charge in [-0.05, 0) is 35.2 Å². The van der Waals surface area contributed by atoms with Gasteiger partial charge in [0.15, 0.2) is 0 Å². The molecule has 1 aromatic heterocycles. The fraction of sp³-hybridized carbons (Fsp3) is 0.0667. The number of carbonyl (C=O) groups excluding carboxylic acids is 1. The number of rotatable bonds is 5. The quantitative estimate of drug-likeness (QED) is 0.835. The van der Waals surface area contributed by atoms with Crippen LogP contribution in [0, 0.1) is 5.82 Å². The summed E-state index contributed by atoms with van der Waals surface area (Å²) >= 11 is 1.40. The Morgan fingerprint density at radius 3 is 2.81 bits per heavy atom. The average molecular weight is 305 g/mol. The molecule has 1 aromatic carbocycles. The summed E-state index contributed by atoms with van der Waals surface area (Å²) in [5, 5.41) is 14.7. The molecule has 0 atom stereocenters. The molecule has 1 heterocycles. The van der Waals surface area contributed by atoms with E-state index in [1.807, 2.05) is 0 Å². The van der Waals surface area contributed by atoms with Gasteiger partial charge in [-0.1, -0.05) is 6.07 Å². The monoisotopic (exact) mass is 305 g/mol. The van der Waals surface area contributed by atoms with Gasteiger partial charge in [-0.15, -0.1) is 0 Å². The van der Waals surface area contributed by atoms with E-state index in [4.69, 9.17) is 5.11 Å². The highest BCUT2D eigenvalue weighted by atomic mass is 32.1. The van der Waals surface area contributed by atoms with Crippen LogP contribution in [0.3, 0.4) is 0 Å². The molecule has 0 saturated carbocycles. The van der Waals surface area contributed by atoms with Gasteiger partial charge < -0.3 is 10.4 Å². The van der Waals surface area contributed by atoms with Crippen LogP contribution in [0.2, 0.25) is 0 Å². The number of carboxylic acids is 1. The minimum absolute atomic E-state index is 0.0370. The van der Waals surface area contributed by atoms with Crippen LogP contribution in [-0.2, 0) is 11.3 Å². The molecule has 0 radical (unpaired) electrons. The SMILES string of the molecule is O=C(O)C=Cc1ccc(F)c(CNC(=O)c2ccsc2)c1. The Kier molecular flexibility index (Phi) is 4.84. The molecule has 0 spiro atoms. The van der Waals surface area contributed by atoms with E-state index in [0.717, 1.165) is 6.08 Å². The number of halogens is 1. The van der Waals surface area contributed by atoms with Crippen molar-refractivity contribution in [3.63, 3.8) is 0 Å². The van der Waals surface area contributed by atoms with Gasteiger partial charge in [0, 0.05) is 29.1 Å². The highest BCUT2D eigenvalue weighted by Gasteiger charge is 2.08. The molecule has 0 saturated heterocycles. The summed E-state index contributed by atoms with van der Waals surface area (Å²) in [5.74, 6) is -1.80. The van der Waals surface area contributed by atoms with Gasteiger partial charge in [0.2, 0.25) is 0 Å². The van der Waals surface area contributed by atoms with Crippen LogP contribution in [0.25, 0.3) is 6.08 Å². The van der Waals surface area contributed by atoms with Crippen LogP contribution < -0.4 is 5.32 Å². The molecule has 108 valence electrons. The van der Waals surface area contributed by atoms with Crippen LogP contribution in [0.1, 0.15) is 21.5 Å². The summed E-state index contributed by atoms with van der Waals surface area (Å²) in [6.07, 6.45) is 2.34. The van der Waals surface area contributed by atoms with Gasteiger partial charge in [0.1, 0.15) is 5.82 Å². The molecule has 2 N–H and O–H groups in total. The van der Waals surface area contributed by atoms with Gasteiger partial charge in [0.25, 0.3) is 5.91 Å². The molecule has 0 bridgehead atoms. The molecule has 0 aliphatic heterocycles. The molecule has 4 nitrogen and oxygen atoms in total. The maximum absolute atomic E-state index is 13.7. The van der Waals surface area contributed by atoms with E-state index in [9.17, 15) is 14.0 Å². The van der Waals surface area contributed by atoms with Gasteiger partial charge in [-0.3, -0.25) is 4.79 Å². The Bertz CT molecular complexity index is 680. The molecule has 6 heteroatoms. The lowest BCUT2D eigenvalue weighted by atomic mass is 10.1. The standard InChI is InChI=1S/C15H12FNO3S/c16-13-3-1-10(2-4-14(18)19)7-12(13)8-17-15(20)11-5-6-21-9-11/h1-7,9H,8H2,(H,17,20)(H,18,19). The number of aliphatic carboxylic acids is 1. The first-order valence-electron chi connectivity index (χ1n) is 6.06. The van der Waals surface area contributed by atoms with E-state index < -0.39 is 11.8 Å². The fourth-order valence-corrected chi connectivity index (χ4v) is 2.31. The van der Waals surface area contributed by atoms with Crippen LogP contribution in [0.4, 0.5) is 4.39 Å². The van der Waals surface area contributed by atoms with Gasteiger partial charge in [0.05, 0.1) is 0 Å². The number of hydrogen-bond donors (Lipinski definition) is 2. The largest absolute Gasteiger partial charge is 0.478 e. The van der Waals surface area contributed by atoms with Crippen molar-refractivity contribution in [2.45, 2.75) is 6.54 Å². The van der Waals surface area contributed by atoms with Crippen molar-refractivity contribution in [1.82, 2.24) is 5.32 Å². The number of carbonyl (C=O) groups is 2. The van der Waals surface area contributed by atoms with Crippen LogP contribution >= 0.6 is 11.3 Å². The molecule has 21 heavy (non-hydrogen) atoms. The Morgan fingerprint density at radius 2 is 2.14 bits per heavy atom. The van der Waals surface area contributed by atoms with Gasteiger partial charge in [-0.2, -0.15) is 11.3 Å². The van der Waals surface area contributed by atoms with E-state index in [2.05, 4.69) is 5.32 Å². The summed E-state index contributed by atoms with van der Waals surface area (Å²) in [7, 11) is 0. The van der Waals surface area contributed by atoms with Crippen LogP contribution in [0.5, 0.6) is 0 Å². The lowest BCUT2D eigenvalue weighted by Crippen LogP contribution is -2.22. The molecule has 2 rings (SSSR count). The van der Waals surface area contributed by atoms with Crippen molar-refractivity contribution in [2.24, 2.45) is 0 Å². The van der Waals surface area contributed by atoms with Crippen molar-refractivity contribution >= 4 is 29.3 Å². The molecule has 0 fully saturated rings. The van der Waals surface area contributed by atoms with Crippen LogP contribution in [-0.4, -0.2) is 17.0 Å². The smallest absolute Gasteiger partial charge is 0.328 e. The summed E-state index contributed by atoms with van der Waals surface area (Å²) in [6.45, 7) is 0.0370. The van der Waals surface area contributed by atoms with Crippen molar-refractivity contribution in [1.29, 1.82) is 0 Å². The second-order valence-electron chi connectivity index (χ2n) is 4.22. The first-order valence-corrected chi connectivity index (χ1v) is 7.00. The number of amides is 1. The van der Waals surface area contributed by atoms with Crippen molar-refractivity contribution < 1.29 is 19.1 Å². The predicted octanol–water partition coefficient (Wildman–Crippen LogP) is 2.92. The molecule has 1 amide bonds. The number of hydrogen-bond acceptors (Lipinski definition) is 3. The van der Waals surface area contributed by atoms with Gasteiger partial charge >= 0.3 is 5.97 Å². The summed E-state index contributed by atoms with van der Waals surface area (Å²) in [4.78, 5) is 22.2. The van der Waals surface area contributed by atoms with Crippen molar-refractivity contribution in [2.75, 3.05) is 0 Å². The number of nitrogens with one attached hydrogen (secondary N) is 1. The predicted molar refractivity (Wildman–Crippen MR) is 78.6 cm³/mol. The normalized spacial score (nSPS) is 10.7. The Labute approximate surface area is 124 Å². The zero-order valence-electron chi connectivity index (χ0n) is 10.9. The third-order valence-electron chi connectivity index (χ3n) is 2.71. The molecular weight excluding hydrogens is 293 g/mol. The highest BCUT2D eigenvalue weighted by molar-refractivity contribution is 7.08.